The molecule has 5 nitrogen and oxygen atoms in total. The van der Waals surface area contributed by atoms with Crippen molar-refractivity contribution in [3.05, 3.63) is 29.8 Å². The largest absolute Gasteiger partial charge is 0.496 e. The van der Waals surface area contributed by atoms with Gasteiger partial charge in [-0.2, -0.15) is 0 Å². The molecule has 0 aliphatic carbocycles. The van der Waals surface area contributed by atoms with Crippen LogP contribution in [0.2, 0.25) is 0 Å². The van der Waals surface area contributed by atoms with E-state index in [0.717, 1.165) is 0 Å². The minimum absolute atomic E-state index is 0.145. The smallest absolute Gasteiger partial charge is 0.326 e. The molecule has 1 aromatic carbocycles. The van der Waals surface area contributed by atoms with E-state index in [-0.39, 0.29) is 5.92 Å². The second-order valence-corrected chi connectivity index (χ2v) is 5.57. The number of rotatable bonds is 7. The Hall–Kier alpha value is -1.75. The predicted molar refractivity (Wildman–Crippen MR) is 80.6 cm³/mol. The fraction of sp³-hybridized carbons (Fsp3) is 0.467. The predicted octanol–water partition coefficient (Wildman–Crippen LogP) is 2.59. The molecule has 0 bridgehead atoms. The van der Waals surface area contributed by atoms with Crippen molar-refractivity contribution in [2.75, 3.05) is 7.11 Å². The lowest BCUT2D eigenvalue weighted by Crippen LogP contribution is -2.43. The van der Waals surface area contributed by atoms with Gasteiger partial charge in [-0.1, -0.05) is 32.0 Å². The minimum Gasteiger partial charge on any atom is -0.496 e. The highest BCUT2D eigenvalue weighted by Gasteiger charge is 2.27. The van der Waals surface area contributed by atoms with Gasteiger partial charge < -0.3 is 15.2 Å². The summed E-state index contributed by atoms with van der Waals surface area (Å²) in [6.07, 6.45) is 0.344. The van der Waals surface area contributed by atoms with Gasteiger partial charge in [-0.25, -0.2) is 4.79 Å². The highest BCUT2D eigenvalue weighted by molar-refractivity contribution is 6.31. The summed E-state index contributed by atoms with van der Waals surface area (Å²) < 4.78 is 5.15. The van der Waals surface area contributed by atoms with Crippen LogP contribution in [0.15, 0.2) is 24.3 Å². The first-order valence-electron chi connectivity index (χ1n) is 6.67. The molecule has 116 valence electrons. The van der Waals surface area contributed by atoms with Gasteiger partial charge in [-0.15, -0.1) is 11.6 Å². The summed E-state index contributed by atoms with van der Waals surface area (Å²) >= 11 is 6.14. The summed E-state index contributed by atoms with van der Waals surface area (Å²) in [5.41, 5.74) is 0.507. The number of carbonyl (C=O) groups is 2. The Bertz CT molecular complexity index is 504. The van der Waals surface area contributed by atoms with Crippen LogP contribution in [0.1, 0.15) is 31.2 Å². The Morgan fingerprint density at radius 2 is 1.95 bits per heavy atom. The van der Waals surface area contributed by atoms with E-state index in [1.54, 1.807) is 24.3 Å². The molecule has 0 aliphatic heterocycles. The molecule has 6 heteroatoms. The van der Waals surface area contributed by atoms with Crippen molar-refractivity contribution in [3.63, 3.8) is 0 Å². The van der Waals surface area contributed by atoms with Crippen LogP contribution >= 0.6 is 11.6 Å². The first-order chi connectivity index (χ1) is 9.86. The number of benzene rings is 1. The van der Waals surface area contributed by atoms with Gasteiger partial charge in [0.25, 0.3) is 0 Å². The molecule has 1 aromatic rings. The molecule has 1 amide bonds. The van der Waals surface area contributed by atoms with Crippen molar-refractivity contribution in [2.45, 2.75) is 31.7 Å². The summed E-state index contributed by atoms with van der Waals surface area (Å²) in [6, 6.07) is 5.93. The molecular formula is C15H20ClNO4. The number of halogens is 1. The third-order valence-electron chi connectivity index (χ3n) is 2.96. The number of nitrogens with one attached hydrogen (secondary N) is 1. The van der Waals surface area contributed by atoms with Gasteiger partial charge in [0.1, 0.15) is 17.2 Å². The van der Waals surface area contributed by atoms with Crippen LogP contribution in [0, 0.1) is 5.92 Å². The van der Waals surface area contributed by atoms with Gasteiger partial charge in [-0.05, 0) is 18.4 Å². The summed E-state index contributed by atoms with van der Waals surface area (Å²) in [5, 5.41) is 10.6. The Balaban J connectivity index is 2.84. The van der Waals surface area contributed by atoms with Crippen LogP contribution in [0.3, 0.4) is 0 Å². The van der Waals surface area contributed by atoms with E-state index in [1.165, 1.54) is 7.11 Å². The van der Waals surface area contributed by atoms with Crippen molar-refractivity contribution in [2.24, 2.45) is 5.92 Å². The number of amides is 1. The average Bonchev–Trinajstić information content (AvgIpc) is 2.45. The van der Waals surface area contributed by atoms with E-state index in [9.17, 15) is 9.59 Å². The maximum Gasteiger partial charge on any atom is 0.326 e. The second-order valence-electron chi connectivity index (χ2n) is 5.13. The molecule has 0 radical (unpaired) electrons. The molecule has 21 heavy (non-hydrogen) atoms. The van der Waals surface area contributed by atoms with E-state index in [1.807, 2.05) is 13.8 Å². The number of carbonyl (C=O) groups excluding carboxylic acids is 1. The zero-order valence-electron chi connectivity index (χ0n) is 12.3. The highest BCUT2D eigenvalue weighted by Crippen LogP contribution is 2.29. The number of ether oxygens (including phenoxy) is 1. The van der Waals surface area contributed by atoms with Gasteiger partial charge >= 0.3 is 5.97 Å². The Kier molecular flexibility index (Phi) is 6.49. The van der Waals surface area contributed by atoms with Crippen LogP contribution in [-0.2, 0) is 9.59 Å². The summed E-state index contributed by atoms with van der Waals surface area (Å²) in [4.78, 5) is 23.3. The van der Waals surface area contributed by atoms with Gasteiger partial charge in [0.05, 0.1) is 7.11 Å². The van der Waals surface area contributed by atoms with Crippen LogP contribution in [0.4, 0.5) is 0 Å². The van der Waals surface area contributed by atoms with Crippen LogP contribution in [0.5, 0.6) is 5.75 Å². The zero-order valence-corrected chi connectivity index (χ0v) is 13.1. The van der Waals surface area contributed by atoms with Gasteiger partial charge in [0, 0.05) is 5.56 Å². The number of alkyl halides is 1. The molecule has 0 aliphatic rings. The fourth-order valence-electron chi connectivity index (χ4n) is 1.95. The normalized spacial score (nSPS) is 13.6. The second kappa shape index (κ2) is 7.88. The van der Waals surface area contributed by atoms with Gasteiger partial charge in [0.2, 0.25) is 5.91 Å². The number of hydrogen-bond donors (Lipinski definition) is 2. The van der Waals surface area contributed by atoms with Crippen LogP contribution in [0.25, 0.3) is 0 Å². The third kappa shape index (κ3) is 4.93. The molecular weight excluding hydrogens is 294 g/mol. The minimum atomic E-state index is -1.07. The Morgan fingerprint density at radius 1 is 1.33 bits per heavy atom. The zero-order chi connectivity index (χ0) is 16.0. The Morgan fingerprint density at radius 3 is 2.48 bits per heavy atom. The van der Waals surface area contributed by atoms with Crippen molar-refractivity contribution in [3.8, 4) is 5.75 Å². The molecule has 0 heterocycles. The van der Waals surface area contributed by atoms with Crippen LogP contribution in [-0.4, -0.2) is 30.1 Å². The fourth-order valence-corrected chi connectivity index (χ4v) is 2.20. The van der Waals surface area contributed by atoms with E-state index >= 15 is 0 Å². The molecule has 2 N–H and O–H groups in total. The highest BCUT2D eigenvalue weighted by atomic mass is 35.5. The van der Waals surface area contributed by atoms with Crippen molar-refractivity contribution in [1.29, 1.82) is 0 Å². The maximum atomic E-state index is 12.1. The molecule has 2 unspecified atom stereocenters. The van der Waals surface area contributed by atoms with E-state index in [2.05, 4.69) is 5.32 Å². The third-order valence-corrected chi connectivity index (χ3v) is 3.40. The van der Waals surface area contributed by atoms with E-state index in [4.69, 9.17) is 21.4 Å². The standard InChI is InChI=1S/C15H20ClNO4/c1-9(2)8-11(15(19)20)17-14(18)13(16)10-6-4-5-7-12(10)21-3/h4-7,9,11,13H,8H2,1-3H3,(H,17,18)(H,19,20). The molecule has 1 rings (SSSR count). The molecule has 2 atom stereocenters. The summed E-state index contributed by atoms with van der Waals surface area (Å²) in [5.74, 6) is -0.981. The molecule has 0 spiro atoms. The number of carboxylic acids is 1. The number of aliphatic carboxylic acids is 1. The number of hydrogen-bond acceptors (Lipinski definition) is 3. The van der Waals surface area contributed by atoms with Crippen molar-refractivity contribution >= 4 is 23.5 Å². The van der Waals surface area contributed by atoms with Crippen molar-refractivity contribution in [1.82, 2.24) is 5.32 Å². The first-order valence-corrected chi connectivity index (χ1v) is 7.10. The molecule has 0 aromatic heterocycles. The maximum absolute atomic E-state index is 12.1. The number of carboxylic acid groups (broad SMARTS) is 1. The number of para-hydroxylation sites is 1. The molecule has 0 saturated carbocycles. The quantitative estimate of drug-likeness (QED) is 0.759. The lowest BCUT2D eigenvalue weighted by atomic mass is 10.0. The monoisotopic (exact) mass is 313 g/mol. The van der Waals surface area contributed by atoms with Crippen LogP contribution < -0.4 is 10.1 Å². The first kappa shape index (κ1) is 17.3. The van der Waals surface area contributed by atoms with Gasteiger partial charge in [-0.3, -0.25) is 4.79 Å². The average molecular weight is 314 g/mol. The molecule has 0 saturated heterocycles. The Labute approximate surface area is 129 Å². The summed E-state index contributed by atoms with van der Waals surface area (Å²) in [6.45, 7) is 3.78. The number of methoxy groups -OCH3 is 1. The lowest BCUT2D eigenvalue weighted by molar-refractivity contribution is -0.142. The summed E-state index contributed by atoms with van der Waals surface area (Å²) in [7, 11) is 1.49. The van der Waals surface area contributed by atoms with Gasteiger partial charge in [0.15, 0.2) is 0 Å². The van der Waals surface area contributed by atoms with Crippen molar-refractivity contribution < 1.29 is 19.4 Å². The lowest BCUT2D eigenvalue weighted by Gasteiger charge is -2.19. The topological polar surface area (TPSA) is 75.6 Å². The van der Waals surface area contributed by atoms with E-state index < -0.39 is 23.3 Å². The SMILES string of the molecule is COc1ccccc1C(Cl)C(=O)NC(CC(C)C)C(=O)O. The molecule has 0 fully saturated rings. The van der Waals surface area contributed by atoms with E-state index in [0.29, 0.717) is 17.7 Å².